The van der Waals surface area contributed by atoms with E-state index in [4.69, 9.17) is 78.5 Å². The van der Waals surface area contributed by atoms with Crippen LogP contribution in [0.3, 0.4) is 0 Å². The van der Waals surface area contributed by atoms with Crippen molar-refractivity contribution < 1.29 is 9.59 Å². The standard InChI is InChI=1S/C28H20Br2N2.C28H18Br2N2.C8Cl2N2O2.CHCl3/c2*29-25-13-9-21(10-14-25)19-1-5-23(6-2-19)27-28(32-18-17-31-27)24-7-3-20(4-8-24)22-11-15-26(30)16-12-22;9-5-6(10)8(14)4(2-12)3(1-11)7(5)13;2-1(3)4/h1-16H,17-18H2;1-18H;;1H. The molecule has 404 valence electrons. The van der Waals surface area contributed by atoms with Crippen molar-refractivity contribution in [1.82, 2.24) is 9.97 Å². The summed E-state index contributed by atoms with van der Waals surface area (Å²) < 4.78 is 3.57. The molecule has 0 radical (unpaired) electrons. The lowest BCUT2D eigenvalue weighted by molar-refractivity contribution is -0.115. The molecule has 8 aromatic carbocycles. The third kappa shape index (κ3) is 15.9. The zero-order chi connectivity index (χ0) is 58.3. The first kappa shape index (κ1) is 61.4. The van der Waals surface area contributed by atoms with Gasteiger partial charge in [-0.25, -0.2) is 0 Å². The highest BCUT2D eigenvalue weighted by Gasteiger charge is 2.33. The Kier molecular flexibility index (Phi) is 22.1. The van der Waals surface area contributed by atoms with E-state index in [2.05, 4.69) is 268 Å². The van der Waals surface area contributed by atoms with Crippen LogP contribution in [0.25, 0.3) is 67.0 Å². The third-order valence-electron chi connectivity index (χ3n) is 12.4. The van der Waals surface area contributed by atoms with Gasteiger partial charge in [-0.3, -0.25) is 29.5 Å². The normalized spacial score (nSPS) is 12.8. The summed E-state index contributed by atoms with van der Waals surface area (Å²) in [6.45, 7) is 1.45. The van der Waals surface area contributed by atoms with E-state index in [9.17, 15) is 9.59 Å². The van der Waals surface area contributed by atoms with Gasteiger partial charge in [0.2, 0.25) is 11.6 Å². The van der Waals surface area contributed by atoms with Crippen LogP contribution in [0.2, 0.25) is 0 Å². The molecule has 0 unspecified atom stereocenters. The molecule has 1 aromatic heterocycles. The number of carbonyl (C=O) groups excluding carboxylic acids is 2. The summed E-state index contributed by atoms with van der Waals surface area (Å²) in [5, 5.41) is 16.0. The topological polar surface area (TPSA) is 132 Å². The van der Waals surface area contributed by atoms with Gasteiger partial charge in [0.05, 0.1) is 35.9 Å². The Hall–Kier alpha value is -6.65. The van der Waals surface area contributed by atoms with Crippen molar-refractivity contribution in [3.63, 3.8) is 0 Å². The molecule has 2 aliphatic rings. The minimum atomic E-state index is -0.893. The molecule has 8 nitrogen and oxygen atoms in total. The summed E-state index contributed by atoms with van der Waals surface area (Å²) in [6.07, 6.45) is 3.50. The molecule has 1 aliphatic heterocycles. The molecule has 0 amide bonds. The molecule has 0 N–H and O–H groups in total. The van der Waals surface area contributed by atoms with E-state index in [1.807, 2.05) is 0 Å². The van der Waals surface area contributed by atoms with Crippen LogP contribution in [0.1, 0.15) is 11.1 Å². The Bertz CT molecular complexity index is 3720. The highest BCUT2D eigenvalue weighted by molar-refractivity contribution is 9.11. The van der Waals surface area contributed by atoms with Crippen molar-refractivity contribution in [2.24, 2.45) is 9.98 Å². The zero-order valence-corrected chi connectivity index (χ0v) is 52.6. The van der Waals surface area contributed by atoms with Crippen molar-refractivity contribution in [1.29, 1.82) is 10.5 Å². The minimum absolute atomic E-state index is 0.521. The predicted octanol–water partition coefficient (Wildman–Crippen LogP) is 19.7. The van der Waals surface area contributed by atoms with Crippen LogP contribution in [-0.2, 0) is 9.59 Å². The second-order valence-electron chi connectivity index (χ2n) is 17.6. The number of Topliss-reactive ketones (excluding diaryl/α,β-unsaturated/α-hetero) is 2. The van der Waals surface area contributed by atoms with Crippen LogP contribution < -0.4 is 0 Å². The van der Waals surface area contributed by atoms with E-state index in [1.54, 1.807) is 12.4 Å². The van der Waals surface area contributed by atoms with Crippen molar-refractivity contribution in [3.8, 4) is 79.2 Å². The Morgan fingerprint density at radius 3 is 0.768 bits per heavy atom. The number of rotatable bonds is 8. The second-order valence-corrected chi connectivity index (χ2v) is 24.0. The fourth-order valence-electron chi connectivity index (χ4n) is 8.40. The fourth-order valence-corrected chi connectivity index (χ4v) is 9.82. The molecule has 1 aliphatic carbocycles. The van der Waals surface area contributed by atoms with Crippen LogP contribution in [0.5, 0.6) is 0 Å². The zero-order valence-electron chi connectivity index (χ0n) is 42.5. The van der Waals surface area contributed by atoms with Crippen LogP contribution in [0, 0.1) is 22.7 Å². The largest absolute Gasteiger partial charge is 0.287 e. The number of nitriles is 2. The average Bonchev–Trinajstić information content (AvgIpc) is 3.64. The smallest absolute Gasteiger partial charge is 0.218 e. The van der Waals surface area contributed by atoms with E-state index < -0.39 is 37.1 Å². The minimum Gasteiger partial charge on any atom is -0.287 e. The van der Waals surface area contributed by atoms with Crippen LogP contribution >= 0.6 is 122 Å². The molecule has 11 rings (SSSR count). The van der Waals surface area contributed by atoms with Crippen molar-refractivity contribution in [2.75, 3.05) is 13.1 Å². The van der Waals surface area contributed by atoms with Gasteiger partial charge < -0.3 is 0 Å². The Morgan fingerprint density at radius 1 is 0.354 bits per heavy atom. The predicted molar refractivity (Wildman–Crippen MR) is 349 cm³/mol. The number of ketones is 2. The molecule has 2 heterocycles. The monoisotopic (exact) mass is 1430 g/mol. The maximum absolute atomic E-state index is 11.2. The van der Waals surface area contributed by atoms with Gasteiger partial charge >= 0.3 is 0 Å². The summed E-state index contributed by atoms with van der Waals surface area (Å²) in [6, 6.07) is 70.5. The number of hydrogen-bond acceptors (Lipinski definition) is 8. The van der Waals surface area contributed by atoms with E-state index in [0.29, 0.717) is 0 Å². The van der Waals surface area contributed by atoms with E-state index >= 15 is 0 Å². The number of benzene rings is 8. The van der Waals surface area contributed by atoms with Crippen molar-refractivity contribution in [3.05, 3.63) is 257 Å². The number of halogens is 9. The van der Waals surface area contributed by atoms with Gasteiger partial charge in [-0.2, -0.15) is 10.5 Å². The lowest BCUT2D eigenvalue weighted by Gasteiger charge is -2.16. The maximum Gasteiger partial charge on any atom is 0.218 e. The highest BCUT2D eigenvalue weighted by atomic mass is 79.9. The molecular formula is C65H39Br4Cl5N6O2. The molecular weight excluding hydrogens is 1390 g/mol. The van der Waals surface area contributed by atoms with Gasteiger partial charge in [0.1, 0.15) is 33.3 Å². The number of allylic oxidation sites excluding steroid dienone is 4. The van der Waals surface area contributed by atoms with Crippen molar-refractivity contribution in [2.45, 2.75) is 4.30 Å². The van der Waals surface area contributed by atoms with Crippen LogP contribution in [0.15, 0.2) is 256 Å². The molecule has 82 heavy (non-hydrogen) atoms. The summed E-state index contributed by atoms with van der Waals surface area (Å²) in [7, 11) is 0. The SMILES string of the molecule is Brc1ccc(-c2ccc(-c3nccnc3-c3ccc(-c4ccc(Br)cc4)cc3)cc2)cc1.Brc1ccc(-c2ccc(C3=NCCN=C3c3ccc(-c4ccc(Br)cc4)cc3)cc2)cc1.ClC(Cl)Cl.N#CC1=C(C#N)C(=O)C(Cl)=C(Cl)C1=O. The fraction of sp³-hybridized carbons (Fsp3) is 0.0462. The Balaban J connectivity index is 0.000000167. The quantitative estimate of drug-likeness (QED) is 0.110. The lowest BCUT2D eigenvalue weighted by atomic mass is 9.95. The van der Waals surface area contributed by atoms with Gasteiger partial charge in [-0.05, 0) is 93.0 Å². The molecule has 0 saturated carbocycles. The van der Waals surface area contributed by atoms with Gasteiger partial charge in [0.15, 0.2) is 4.30 Å². The van der Waals surface area contributed by atoms with Gasteiger partial charge in [0.25, 0.3) is 0 Å². The molecule has 0 atom stereocenters. The lowest BCUT2D eigenvalue weighted by Crippen LogP contribution is -2.22. The number of carbonyl (C=O) groups is 2. The number of alkyl halides is 3. The van der Waals surface area contributed by atoms with E-state index in [0.717, 1.165) is 76.0 Å². The van der Waals surface area contributed by atoms with Crippen molar-refractivity contribution >= 4 is 145 Å². The first-order valence-electron chi connectivity index (χ1n) is 24.6. The highest BCUT2D eigenvalue weighted by Crippen LogP contribution is 2.34. The molecule has 9 aromatic rings. The Labute approximate surface area is 533 Å². The number of aromatic nitrogens is 2. The number of aliphatic imine (C=N–C) groups is 2. The summed E-state index contributed by atoms with van der Waals surface area (Å²) in [5.74, 6) is -1.79. The molecule has 0 spiro atoms. The third-order valence-corrected chi connectivity index (χ3v) is 15.4. The van der Waals surface area contributed by atoms with Crippen LogP contribution in [-0.4, -0.2) is 50.3 Å². The van der Waals surface area contributed by atoms with E-state index in [1.165, 1.54) is 56.6 Å². The van der Waals surface area contributed by atoms with Gasteiger partial charge in [-0.15, -0.1) is 0 Å². The molecule has 0 fully saturated rings. The molecule has 17 heteroatoms. The first-order valence-corrected chi connectivity index (χ1v) is 29.8. The second kappa shape index (κ2) is 29.5. The van der Waals surface area contributed by atoms with Gasteiger partial charge in [-0.1, -0.05) is 267 Å². The average molecular weight is 1430 g/mol. The Morgan fingerprint density at radius 2 is 0.549 bits per heavy atom. The number of hydrogen-bond donors (Lipinski definition) is 0. The van der Waals surface area contributed by atoms with Gasteiger partial charge in [0, 0.05) is 52.5 Å². The summed E-state index contributed by atoms with van der Waals surface area (Å²) >= 11 is 39.2. The first-order chi connectivity index (χ1) is 39.6. The number of nitrogens with zero attached hydrogens (tertiary/aromatic N) is 6. The summed E-state index contributed by atoms with van der Waals surface area (Å²) in [5.41, 5.74) is 16.3. The molecule has 0 bridgehead atoms. The maximum atomic E-state index is 11.2. The van der Waals surface area contributed by atoms with Crippen LogP contribution in [0.4, 0.5) is 0 Å². The van der Waals surface area contributed by atoms with E-state index in [-0.39, 0.29) is 0 Å². The summed E-state index contributed by atoms with van der Waals surface area (Å²) in [4.78, 5) is 41.4. The molecule has 0 saturated heterocycles.